The van der Waals surface area contributed by atoms with Gasteiger partial charge in [-0.25, -0.2) is 9.78 Å². The summed E-state index contributed by atoms with van der Waals surface area (Å²) in [5, 5.41) is 4.10. The fourth-order valence-electron chi connectivity index (χ4n) is 1.53. The Morgan fingerprint density at radius 1 is 1.30 bits per heavy atom. The SMILES string of the molecule is Cc1cncc(-c2cnn(C(=O)OC(C)(C)C)c2Cl)n1. The van der Waals surface area contributed by atoms with E-state index in [9.17, 15) is 4.79 Å². The average Bonchev–Trinajstić information content (AvgIpc) is 2.69. The van der Waals surface area contributed by atoms with Crippen molar-refractivity contribution in [2.75, 3.05) is 0 Å². The highest BCUT2D eigenvalue weighted by Crippen LogP contribution is 2.26. The number of nitrogens with zero attached hydrogens (tertiary/aromatic N) is 4. The highest BCUT2D eigenvalue weighted by Gasteiger charge is 2.22. The lowest BCUT2D eigenvalue weighted by atomic mass is 10.2. The molecule has 2 aromatic heterocycles. The lowest BCUT2D eigenvalue weighted by Gasteiger charge is -2.19. The third-order valence-corrected chi connectivity index (χ3v) is 2.67. The Bertz CT molecular complexity index is 646. The zero-order valence-electron chi connectivity index (χ0n) is 11.7. The molecule has 2 rings (SSSR count). The summed E-state index contributed by atoms with van der Waals surface area (Å²) in [6.45, 7) is 7.14. The minimum Gasteiger partial charge on any atom is -0.442 e. The van der Waals surface area contributed by atoms with Gasteiger partial charge in [-0.1, -0.05) is 11.6 Å². The van der Waals surface area contributed by atoms with Crippen LogP contribution >= 0.6 is 11.6 Å². The van der Waals surface area contributed by atoms with E-state index in [2.05, 4.69) is 15.1 Å². The van der Waals surface area contributed by atoms with Gasteiger partial charge in [-0.15, -0.1) is 0 Å². The first-order valence-electron chi connectivity index (χ1n) is 6.04. The molecule has 0 saturated carbocycles. The van der Waals surface area contributed by atoms with Crippen LogP contribution in [0.25, 0.3) is 11.3 Å². The van der Waals surface area contributed by atoms with Crippen LogP contribution in [0.1, 0.15) is 26.5 Å². The highest BCUT2D eigenvalue weighted by molar-refractivity contribution is 6.33. The molecule has 0 atom stereocenters. The highest BCUT2D eigenvalue weighted by atomic mass is 35.5. The second kappa shape index (κ2) is 5.20. The van der Waals surface area contributed by atoms with Gasteiger partial charge in [0, 0.05) is 6.20 Å². The number of hydrogen-bond acceptors (Lipinski definition) is 5. The van der Waals surface area contributed by atoms with Crippen LogP contribution in [-0.2, 0) is 4.74 Å². The van der Waals surface area contributed by atoms with Crippen molar-refractivity contribution >= 4 is 17.7 Å². The molecule has 106 valence electrons. The van der Waals surface area contributed by atoms with Crippen LogP contribution in [0.3, 0.4) is 0 Å². The predicted molar refractivity (Wildman–Crippen MR) is 74.6 cm³/mol. The third kappa shape index (κ3) is 3.14. The van der Waals surface area contributed by atoms with E-state index in [0.717, 1.165) is 10.4 Å². The molecule has 0 aliphatic carbocycles. The number of aromatic nitrogens is 4. The van der Waals surface area contributed by atoms with E-state index in [-0.39, 0.29) is 5.15 Å². The van der Waals surface area contributed by atoms with Crippen LogP contribution in [0.15, 0.2) is 18.6 Å². The Balaban J connectivity index is 2.34. The van der Waals surface area contributed by atoms with Crippen LogP contribution in [0.4, 0.5) is 4.79 Å². The molecular formula is C13H15ClN4O2. The molecule has 0 unspecified atom stereocenters. The lowest BCUT2D eigenvalue weighted by molar-refractivity contribution is 0.0515. The van der Waals surface area contributed by atoms with Gasteiger partial charge < -0.3 is 4.74 Å². The van der Waals surface area contributed by atoms with E-state index in [1.54, 1.807) is 33.2 Å². The van der Waals surface area contributed by atoms with E-state index in [1.807, 2.05) is 6.92 Å². The topological polar surface area (TPSA) is 69.9 Å². The molecule has 6 nitrogen and oxygen atoms in total. The second-order valence-electron chi connectivity index (χ2n) is 5.29. The summed E-state index contributed by atoms with van der Waals surface area (Å²) in [6, 6.07) is 0. The van der Waals surface area contributed by atoms with Gasteiger partial charge in [0.15, 0.2) is 0 Å². The van der Waals surface area contributed by atoms with Crippen molar-refractivity contribution in [3.8, 4) is 11.3 Å². The van der Waals surface area contributed by atoms with Crippen molar-refractivity contribution in [2.24, 2.45) is 0 Å². The fraction of sp³-hybridized carbons (Fsp3) is 0.385. The normalized spacial score (nSPS) is 11.4. The Morgan fingerprint density at radius 2 is 2.00 bits per heavy atom. The summed E-state index contributed by atoms with van der Waals surface area (Å²) >= 11 is 6.17. The van der Waals surface area contributed by atoms with Gasteiger partial charge in [0.1, 0.15) is 10.8 Å². The Labute approximate surface area is 121 Å². The number of ether oxygens (including phenoxy) is 1. The van der Waals surface area contributed by atoms with Gasteiger partial charge in [0.2, 0.25) is 0 Å². The predicted octanol–water partition coefficient (Wildman–Crippen LogP) is 3.09. The first-order chi connectivity index (χ1) is 9.28. The first-order valence-corrected chi connectivity index (χ1v) is 6.41. The molecule has 2 aromatic rings. The molecule has 0 bridgehead atoms. The maximum absolute atomic E-state index is 12.0. The minimum absolute atomic E-state index is 0.152. The van der Waals surface area contributed by atoms with Gasteiger partial charge in [-0.2, -0.15) is 9.78 Å². The smallest absolute Gasteiger partial charge is 0.436 e. The summed E-state index contributed by atoms with van der Waals surface area (Å²) in [5.41, 5.74) is 1.23. The van der Waals surface area contributed by atoms with Crippen LogP contribution in [0, 0.1) is 6.92 Å². The number of hydrogen-bond donors (Lipinski definition) is 0. The number of aryl methyl sites for hydroxylation is 1. The molecule has 0 aliphatic heterocycles. The molecule has 0 radical (unpaired) electrons. The Morgan fingerprint density at radius 3 is 2.60 bits per heavy atom. The van der Waals surface area contributed by atoms with Crippen molar-refractivity contribution in [1.29, 1.82) is 0 Å². The van der Waals surface area contributed by atoms with Crippen LogP contribution < -0.4 is 0 Å². The van der Waals surface area contributed by atoms with Gasteiger partial charge in [0.25, 0.3) is 0 Å². The molecule has 0 spiro atoms. The quantitative estimate of drug-likeness (QED) is 0.808. The monoisotopic (exact) mass is 294 g/mol. The molecule has 2 heterocycles. The zero-order chi connectivity index (χ0) is 14.9. The summed E-state index contributed by atoms with van der Waals surface area (Å²) in [6.07, 6.45) is 4.04. The molecule has 0 N–H and O–H groups in total. The summed E-state index contributed by atoms with van der Waals surface area (Å²) in [7, 11) is 0. The average molecular weight is 295 g/mol. The van der Waals surface area contributed by atoms with E-state index in [4.69, 9.17) is 16.3 Å². The van der Waals surface area contributed by atoms with E-state index in [1.165, 1.54) is 6.20 Å². The van der Waals surface area contributed by atoms with Gasteiger partial charge >= 0.3 is 6.09 Å². The summed E-state index contributed by atoms with van der Waals surface area (Å²) in [4.78, 5) is 20.3. The van der Waals surface area contributed by atoms with E-state index in [0.29, 0.717) is 11.3 Å². The Kier molecular flexibility index (Phi) is 3.76. The summed E-state index contributed by atoms with van der Waals surface area (Å²) in [5.74, 6) is 0. The maximum Gasteiger partial charge on any atom is 0.436 e. The Hall–Kier alpha value is -1.95. The first kappa shape index (κ1) is 14.5. The van der Waals surface area contributed by atoms with Gasteiger partial charge in [0.05, 0.1) is 29.3 Å². The largest absolute Gasteiger partial charge is 0.442 e. The molecule has 7 heteroatoms. The third-order valence-electron chi connectivity index (χ3n) is 2.31. The number of carbonyl (C=O) groups is 1. The molecular weight excluding hydrogens is 280 g/mol. The van der Waals surface area contributed by atoms with Crippen molar-refractivity contribution < 1.29 is 9.53 Å². The van der Waals surface area contributed by atoms with Gasteiger partial charge in [-0.3, -0.25) is 4.98 Å². The van der Waals surface area contributed by atoms with Crippen molar-refractivity contribution in [3.63, 3.8) is 0 Å². The lowest BCUT2D eigenvalue weighted by Crippen LogP contribution is -2.27. The van der Waals surface area contributed by atoms with Crippen molar-refractivity contribution in [1.82, 2.24) is 19.7 Å². The number of carbonyl (C=O) groups excluding carboxylic acids is 1. The molecule has 20 heavy (non-hydrogen) atoms. The number of rotatable bonds is 1. The van der Waals surface area contributed by atoms with Crippen molar-refractivity contribution in [2.45, 2.75) is 33.3 Å². The zero-order valence-corrected chi connectivity index (χ0v) is 12.5. The number of halogens is 1. The van der Waals surface area contributed by atoms with E-state index >= 15 is 0 Å². The van der Waals surface area contributed by atoms with Crippen LogP contribution in [0.2, 0.25) is 5.15 Å². The minimum atomic E-state index is -0.630. The van der Waals surface area contributed by atoms with Crippen LogP contribution in [-0.4, -0.2) is 31.4 Å². The molecule has 0 amide bonds. The molecule has 0 aliphatic rings. The molecule has 0 fully saturated rings. The second-order valence-corrected chi connectivity index (χ2v) is 5.64. The standard InChI is InChI=1S/C13H15ClN4O2/c1-8-5-15-7-10(17-8)9-6-16-18(11(9)14)12(19)20-13(2,3)4/h5-7H,1-4H3. The van der Waals surface area contributed by atoms with Gasteiger partial charge in [-0.05, 0) is 27.7 Å². The summed E-state index contributed by atoms with van der Waals surface area (Å²) < 4.78 is 6.22. The fourth-order valence-corrected chi connectivity index (χ4v) is 1.79. The molecule has 0 aromatic carbocycles. The van der Waals surface area contributed by atoms with Crippen molar-refractivity contribution in [3.05, 3.63) is 29.4 Å². The van der Waals surface area contributed by atoms with Crippen LogP contribution in [0.5, 0.6) is 0 Å². The van der Waals surface area contributed by atoms with E-state index < -0.39 is 11.7 Å². The maximum atomic E-state index is 12.0. The molecule has 0 saturated heterocycles.